The number of rotatable bonds is 6. The smallest absolute Gasteiger partial charge is 0.303 e. The molecule has 0 radical (unpaired) electrons. The number of carboxylic acid groups (broad SMARTS) is 1. The van der Waals surface area contributed by atoms with Crippen LogP contribution >= 0.6 is 0 Å². The quantitative estimate of drug-likeness (QED) is 0.864. The SMILES string of the molecule is Cn1cc(CCC(=O)N2CCCC[C@@H]2CCC(=O)O)cn1. The number of aryl methyl sites for hydroxylation is 2. The maximum absolute atomic E-state index is 12.4. The van der Waals surface area contributed by atoms with E-state index in [1.54, 1.807) is 10.9 Å². The van der Waals surface area contributed by atoms with Gasteiger partial charge in [-0.3, -0.25) is 14.3 Å². The second-order valence-corrected chi connectivity index (χ2v) is 5.69. The van der Waals surface area contributed by atoms with Gasteiger partial charge in [-0.05, 0) is 37.7 Å². The summed E-state index contributed by atoms with van der Waals surface area (Å²) >= 11 is 0. The average Bonchev–Trinajstić information content (AvgIpc) is 2.88. The second-order valence-electron chi connectivity index (χ2n) is 5.69. The number of hydrogen-bond donors (Lipinski definition) is 1. The van der Waals surface area contributed by atoms with Gasteiger partial charge in [-0.15, -0.1) is 0 Å². The summed E-state index contributed by atoms with van der Waals surface area (Å²) in [6.45, 7) is 0.760. The molecule has 1 fully saturated rings. The van der Waals surface area contributed by atoms with Crippen LogP contribution < -0.4 is 0 Å². The van der Waals surface area contributed by atoms with Crippen molar-refractivity contribution in [3.8, 4) is 0 Å². The fraction of sp³-hybridized carbons (Fsp3) is 0.667. The first-order chi connectivity index (χ1) is 10.1. The molecule has 1 aromatic rings. The Morgan fingerprint density at radius 2 is 2.19 bits per heavy atom. The summed E-state index contributed by atoms with van der Waals surface area (Å²) in [5.41, 5.74) is 1.06. The Morgan fingerprint density at radius 3 is 2.86 bits per heavy atom. The molecule has 21 heavy (non-hydrogen) atoms. The predicted octanol–water partition coefficient (Wildman–Crippen LogP) is 1.60. The highest BCUT2D eigenvalue weighted by molar-refractivity contribution is 5.77. The van der Waals surface area contributed by atoms with E-state index in [1.807, 2.05) is 18.1 Å². The zero-order valence-corrected chi connectivity index (χ0v) is 12.5. The number of aromatic nitrogens is 2. The molecular formula is C15H23N3O3. The number of piperidine rings is 1. The van der Waals surface area contributed by atoms with Crippen molar-refractivity contribution in [2.45, 2.75) is 51.0 Å². The first-order valence-electron chi connectivity index (χ1n) is 7.55. The van der Waals surface area contributed by atoms with Crippen LogP contribution in [0.5, 0.6) is 0 Å². The van der Waals surface area contributed by atoms with Gasteiger partial charge >= 0.3 is 5.97 Å². The third-order valence-corrected chi connectivity index (χ3v) is 4.02. The van der Waals surface area contributed by atoms with Crippen LogP contribution in [0.25, 0.3) is 0 Å². The van der Waals surface area contributed by atoms with E-state index in [9.17, 15) is 9.59 Å². The molecule has 0 spiro atoms. The molecule has 0 aromatic carbocycles. The third-order valence-electron chi connectivity index (χ3n) is 4.02. The summed E-state index contributed by atoms with van der Waals surface area (Å²) in [6.07, 6.45) is 8.58. The van der Waals surface area contributed by atoms with Crippen LogP contribution in [0.3, 0.4) is 0 Å². The molecule has 1 aromatic heterocycles. The van der Waals surface area contributed by atoms with Crippen molar-refractivity contribution in [3.05, 3.63) is 18.0 Å². The number of nitrogens with zero attached hydrogens (tertiary/aromatic N) is 3. The molecule has 1 saturated heterocycles. The standard InChI is InChI=1S/C15H23N3O3/c1-17-11-12(10-16-17)5-7-14(19)18-9-3-2-4-13(18)6-8-15(20)21/h10-11,13H,2-9H2,1H3,(H,20,21)/t13-/m1/s1. The Morgan fingerprint density at radius 1 is 1.38 bits per heavy atom. The molecule has 2 rings (SSSR count). The molecule has 1 N–H and O–H groups in total. The van der Waals surface area contributed by atoms with Crippen LogP contribution in [0.1, 0.15) is 44.1 Å². The van der Waals surface area contributed by atoms with Crippen LogP contribution in [0.4, 0.5) is 0 Å². The lowest BCUT2D eigenvalue weighted by Gasteiger charge is -2.35. The molecule has 0 unspecified atom stereocenters. The van der Waals surface area contributed by atoms with Gasteiger partial charge in [-0.1, -0.05) is 0 Å². The number of aliphatic carboxylic acids is 1. The monoisotopic (exact) mass is 293 g/mol. The minimum absolute atomic E-state index is 0.0937. The lowest BCUT2D eigenvalue weighted by molar-refractivity contribution is -0.140. The van der Waals surface area contributed by atoms with Gasteiger partial charge in [0.05, 0.1) is 6.20 Å². The molecule has 1 aliphatic rings. The van der Waals surface area contributed by atoms with Crippen molar-refractivity contribution in [2.75, 3.05) is 6.54 Å². The Hall–Kier alpha value is -1.85. The molecule has 1 atom stereocenters. The van der Waals surface area contributed by atoms with E-state index in [-0.39, 0.29) is 18.4 Å². The maximum atomic E-state index is 12.4. The second kappa shape index (κ2) is 7.24. The van der Waals surface area contributed by atoms with Crippen LogP contribution in [0.2, 0.25) is 0 Å². The van der Waals surface area contributed by atoms with Crippen molar-refractivity contribution < 1.29 is 14.7 Å². The number of amides is 1. The van der Waals surface area contributed by atoms with E-state index in [4.69, 9.17) is 5.11 Å². The van der Waals surface area contributed by atoms with Gasteiger partial charge in [0.15, 0.2) is 0 Å². The maximum Gasteiger partial charge on any atom is 0.303 e. The summed E-state index contributed by atoms with van der Waals surface area (Å²) in [5, 5.41) is 12.9. The van der Waals surface area contributed by atoms with Crippen molar-refractivity contribution in [1.82, 2.24) is 14.7 Å². The Labute approximate surface area is 124 Å². The number of carbonyl (C=O) groups excluding carboxylic acids is 1. The van der Waals surface area contributed by atoms with E-state index in [1.165, 1.54) is 0 Å². The first-order valence-corrected chi connectivity index (χ1v) is 7.55. The zero-order valence-electron chi connectivity index (χ0n) is 12.5. The minimum atomic E-state index is -0.789. The Bertz CT molecular complexity index is 498. The van der Waals surface area contributed by atoms with E-state index in [0.717, 1.165) is 31.4 Å². The normalized spacial score (nSPS) is 18.7. The van der Waals surface area contributed by atoms with Crippen LogP contribution in [-0.2, 0) is 23.1 Å². The van der Waals surface area contributed by atoms with Crippen LogP contribution in [0.15, 0.2) is 12.4 Å². The van der Waals surface area contributed by atoms with Crippen molar-refractivity contribution in [2.24, 2.45) is 7.05 Å². The highest BCUT2D eigenvalue weighted by Gasteiger charge is 2.26. The minimum Gasteiger partial charge on any atom is -0.481 e. The van der Waals surface area contributed by atoms with Crippen molar-refractivity contribution in [1.29, 1.82) is 0 Å². The molecular weight excluding hydrogens is 270 g/mol. The van der Waals surface area contributed by atoms with E-state index >= 15 is 0 Å². The van der Waals surface area contributed by atoms with Crippen LogP contribution in [-0.4, -0.2) is 44.3 Å². The van der Waals surface area contributed by atoms with Crippen LogP contribution in [0, 0.1) is 0 Å². The van der Waals surface area contributed by atoms with Gasteiger partial charge in [-0.2, -0.15) is 5.10 Å². The molecule has 0 aliphatic carbocycles. The van der Waals surface area contributed by atoms with E-state index < -0.39 is 5.97 Å². The highest BCUT2D eigenvalue weighted by atomic mass is 16.4. The molecule has 0 bridgehead atoms. The largest absolute Gasteiger partial charge is 0.481 e. The summed E-state index contributed by atoms with van der Waals surface area (Å²) in [6, 6.07) is 0.0937. The molecule has 2 heterocycles. The summed E-state index contributed by atoms with van der Waals surface area (Å²) in [5.74, 6) is -0.655. The molecule has 1 amide bonds. The Kier molecular flexibility index (Phi) is 5.36. The topological polar surface area (TPSA) is 75.4 Å². The predicted molar refractivity (Wildman–Crippen MR) is 77.8 cm³/mol. The lowest BCUT2D eigenvalue weighted by Crippen LogP contribution is -2.44. The average molecular weight is 293 g/mol. The van der Waals surface area contributed by atoms with Crippen molar-refractivity contribution in [3.63, 3.8) is 0 Å². The molecule has 116 valence electrons. The number of likely N-dealkylation sites (tertiary alicyclic amines) is 1. The van der Waals surface area contributed by atoms with Gasteiger partial charge in [0, 0.05) is 38.7 Å². The third kappa shape index (κ3) is 4.58. The zero-order chi connectivity index (χ0) is 15.2. The van der Waals surface area contributed by atoms with Crippen molar-refractivity contribution >= 4 is 11.9 Å². The summed E-state index contributed by atoms with van der Waals surface area (Å²) in [4.78, 5) is 25.0. The molecule has 6 heteroatoms. The highest BCUT2D eigenvalue weighted by Crippen LogP contribution is 2.22. The summed E-state index contributed by atoms with van der Waals surface area (Å²) in [7, 11) is 1.86. The Balaban J connectivity index is 1.87. The molecule has 0 saturated carbocycles. The van der Waals surface area contributed by atoms with Gasteiger partial charge in [0.1, 0.15) is 0 Å². The summed E-state index contributed by atoms with van der Waals surface area (Å²) < 4.78 is 1.73. The van der Waals surface area contributed by atoms with Gasteiger partial charge in [0.25, 0.3) is 0 Å². The number of carbonyl (C=O) groups is 2. The van der Waals surface area contributed by atoms with Gasteiger partial charge in [0.2, 0.25) is 5.91 Å². The van der Waals surface area contributed by atoms with E-state index in [2.05, 4.69) is 5.10 Å². The molecule has 6 nitrogen and oxygen atoms in total. The lowest BCUT2D eigenvalue weighted by atomic mass is 9.97. The fourth-order valence-electron chi connectivity index (χ4n) is 2.91. The fourth-order valence-corrected chi connectivity index (χ4v) is 2.91. The number of hydrogen-bond acceptors (Lipinski definition) is 3. The first kappa shape index (κ1) is 15.5. The van der Waals surface area contributed by atoms with E-state index in [0.29, 0.717) is 19.3 Å². The van der Waals surface area contributed by atoms with Gasteiger partial charge in [-0.25, -0.2) is 0 Å². The molecule has 1 aliphatic heterocycles. The van der Waals surface area contributed by atoms with Gasteiger partial charge < -0.3 is 10.0 Å². The number of carboxylic acids is 1.